The van der Waals surface area contributed by atoms with Gasteiger partial charge in [0.1, 0.15) is 34.0 Å². The van der Waals surface area contributed by atoms with Crippen LogP contribution in [0.25, 0.3) is 83.6 Å². The molecule has 6 heterocycles. The molecule has 13 rings (SSSR count). The molecule has 0 radical (unpaired) electrons. The zero-order valence-corrected chi connectivity index (χ0v) is 45.8. The monoisotopic (exact) mass is 963 g/mol. The molecule has 0 bridgehead atoms. The Balaban J connectivity index is 1.15. The maximum atomic E-state index is 7.09. The normalized spacial score (nSPS) is 23.1. The molecular formula is C66H70N4OSi+2. The molecule has 6 aromatic carbocycles. The molecule has 3 aliphatic heterocycles. The van der Waals surface area contributed by atoms with Crippen LogP contribution in [0.4, 0.5) is 0 Å². The second-order valence-corrected chi connectivity index (χ2v) is 30.2. The van der Waals surface area contributed by atoms with Crippen LogP contribution in [0.3, 0.4) is 0 Å². The van der Waals surface area contributed by atoms with Crippen molar-refractivity contribution in [3.05, 3.63) is 174 Å². The maximum Gasteiger partial charge on any atom is 0.299 e. The largest absolute Gasteiger partial charge is 0.455 e. The highest BCUT2D eigenvalue weighted by atomic mass is 28.3. The van der Waals surface area contributed by atoms with Crippen molar-refractivity contribution in [1.82, 2.24) is 9.13 Å². The Kier molecular flexibility index (Phi) is 9.19. The molecule has 0 amide bonds. The van der Waals surface area contributed by atoms with Crippen LogP contribution in [0.1, 0.15) is 109 Å². The summed E-state index contributed by atoms with van der Waals surface area (Å²) in [6.45, 7) is 41.7. The minimum atomic E-state index is -1.63. The summed E-state index contributed by atoms with van der Waals surface area (Å²) >= 11 is 0. The van der Waals surface area contributed by atoms with Gasteiger partial charge in [-0.05, 0) is 114 Å². The number of para-hydroxylation sites is 4. The third-order valence-corrected chi connectivity index (χ3v) is 23.9. The van der Waals surface area contributed by atoms with Crippen molar-refractivity contribution < 1.29 is 13.6 Å². The van der Waals surface area contributed by atoms with Crippen LogP contribution in [0, 0.1) is 11.8 Å². The number of fused-ring (bicyclic) bond motifs is 21. The topological polar surface area (TPSA) is 30.8 Å². The smallest absolute Gasteiger partial charge is 0.299 e. The fourth-order valence-electron chi connectivity index (χ4n) is 15.4. The van der Waals surface area contributed by atoms with Crippen LogP contribution in [-0.4, -0.2) is 17.2 Å². The van der Waals surface area contributed by atoms with Crippen molar-refractivity contribution in [2.24, 2.45) is 11.8 Å². The summed E-state index contributed by atoms with van der Waals surface area (Å²) in [7, 11) is -1.63. The van der Waals surface area contributed by atoms with Crippen molar-refractivity contribution in [3.8, 4) is 33.9 Å². The summed E-state index contributed by atoms with van der Waals surface area (Å²) in [6, 6.07) is 44.3. The highest BCUT2D eigenvalue weighted by molar-refractivity contribution is 6.78. The number of hydrogen-bond acceptors (Lipinski definition) is 1. The number of imidazole rings is 2. The van der Waals surface area contributed by atoms with Crippen molar-refractivity contribution in [2.75, 3.05) is 0 Å². The average Bonchev–Trinajstić information content (AvgIpc) is 4.03. The number of rotatable bonds is 7. The third kappa shape index (κ3) is 5.06. The van der Waals surface area contributed by atoms with E-state index in [4.69, 9.17) is 17.6 Å². The number of aromatic nitrogens is 4. The molecule has 72 heavy (non-hydrogen) atoms. The fraction of sp³-hybridized carbons (Fsp3) is 0.333. The molecule has 5 unspecified atom stereocenters. The molecule has 0 saturated heterocycles. The van der Waals surface area contributed by atoms with E-state index in [2.05, 4.69) is 235 Å². The lowest BCUT2D eigenvalue weighted by Gasteiger charge is -2.71. The zero-order chi connectivity index (χ0) is 50.5. The summed E-state index contributed by atoms with van der Waals surface area (Å²) < 4.78 is 17.9. The molecule has 3 aromatic heterocycles. The van der Waals surface area contributed by atoms with Crippen LogP contribution in [0.5, 0.6) is 0 Å². The van der Waals surface area contributed by atoms with Gasteiger partial charge in [0.2, 0.25) is 0 Å². The van der Waals surface area contributed by atoms with Crippen LogP contribution in [0.2, 0.25) is 19.6 Å². The molecule has 1 fully saturated rings. The van der Waals surface area contributed by atoms with E-state index in [1.807, 2.05) is 0 Å². The summed E-state index contributed by atoms with van der Waals surface area (Å²) in [4.78, 5) is 0. The van der Waals surface area contributed by atoms with Gasteiger partial charge in [0.15, 0.2) is 27.6 Å². The highest BCUT2D eigenvalue weighted by Gasteiger charge is 2.86. The molecule has 6 heteroatoms. The first kappa shape index (κ1) is 45.4. The van der Waals surface area contributed by atoms with Crippen LogP contribution in [-0.2, 0) is 28.0 Å². The van der Waals surface area contributed by atoms with Gasteiger partial charge in [0, 0.05) is 28.3 Å². The maximum absolute atomic E-state index is 7.09. The Labute approximate surface area is 426 Å². The van der Waals surface area contributed by atoms with E-state index in [-0.39, 0.29) is 22.9 Å². The first-order valence-electron chi connectivity index (χ1n) is 26.7. The van der Waals surface area contributed by atoms with Gasteiger partial charge >= 0.3 is 0 Å². The lowest BCUT2D eigenvalue weighted by atomic mass is 9.34. The Hall–Kier alpha value is -6.50. The van der Waals surface area contributed by atoms with E-state index in [1.165, 1.54) is 72.5 Å². The molecule has 1 spiro atoms. The van der Waals surface area contributed by atoms with Crippen molar-refractivity contribution in [1.29, 1.82) is 0 Å². The average molecular weight is 963 g/mol. The summed E-state index contributed by atoms with van der Waals surface area (Å²) in [5, 5.41) is 2.36. The Morgan fingerprint density at radius 2 is 1.50 bits per heavy atom. The van der Waals surface area contributed by atoms with E-state index in [9.17, 15) is 0 Å². The predicted molar refractivity (Wildman–Crippen MR) is 302 cm³/mol. The first-order chi connectivity index (χ1) is 34.3. The Morgan fingerprint density at radius 1 is 0.806 bits per heavy atom. The van der Waals surface area contributed by atoms with Gasteiger partial charge in [-0.2, -0.15) is 4.57 Å². The van der Waals surface area contributed by atoms with E-state index >= 15 is 0 Å². The van der Waals surface area contributed by atoms with Gasteiger partial charge in [-0.25, -0.2) is 13.7 Å². The van der Waals surface area contributed by atoms with Gasteiger partial charge in [0.05, 0.1) is 25.0 Å². The summed E-state index contributed by atoms with van der Waals surface area (Å²) in [5.74, 6) is 3.03. The second-order valence-electron chi connectivity index (χ2n) is 24.5. The number of hydrogen-bond donors (Lipinski definition) is 0. The zero-order valence-electron chi connectivity index (χ0n) is 44.8. The van der Waals surface area contributed by atoms with Gasteiger partial charge in [0.25, 0.3) is 11.6 Å². The van der Waals surface area contributed by atoms with Crippen LogP contribution < -0.4 is 9.13 Å². The highest BCUT2D eigenvalue weighted by Crippen LogP contribution is 2.72. The first-order valence-corrected chi connectivity index (χ1v) is 30.2. The lowest BCUT2D eigenvalue weighted by Crippen LogP contribution is -2.94. The number of furan rings is 1. The summed E-state index contributed by atoms with van der Waals surface area (Å²) in [5.41, 5.74) is 19.9. The van der Waals surface area contributed by atoms with Crippen molar-refractivity contribution >= 4 is 57.8 Å². The minimum Gasteiger partial charge on any atom is -0.455 e. The van der Waals surface area contributed by atoms with E-state index < -0.39 is 24.6 Å². The van der Waals surface area contributed by atoms with Gasteiger partial charge in [-0.3, -0.25) is 0 Å². The molecule has 5 nitrogen and oxygen atoms in total. The second kappa shape index (κ2) is 14.6. The van der Waals surface area contributed by atoms with E-state index in [0.717, 1.165) is 51.0 Å². The molecule has 9 aromatic rings. The predicted octanol–water partition coefficient (Wildman–Crippen LogP) is 16.1. The molecule has 1 aliphatic carbocycles. The number of nitrogens with zero attached hydrogens (tertiary/aromatic N) is 4. The molecule has 362 valence electrons. The molecule has 0 N–H and O–H groups in total. The van der Waals surface area contributed by atoms with E-state index in [0.29, 0.717) is 5.92 Å². The van der Waals surface area contributed by atoms with Gasteiger partial charge in [-0.15, -0.1) is 6.58 Å². The number of allylic oxidation sites excluding steroid dienone is 4. The SMILES string of the molecule is C=CC1C2(C)[n+]3c(n4c5c(cccc53)-c3c(C(C)C)cc(C(C)(C)[Si](C)(C)C)cc3C4C)-c3ccccc3C2(C)C12Cc1ccc3c(oc4ccccc43)c1-c1n(C(=C)/C(=C\C)C(C)C)c3ccccc3[n+]12. The van der Waals surface area contributed by atoms with Crippen molar-refractivity contribution in [2.45, 2.75) is 129 Å². The van der Waals surface area contributed by atoms with Crippen LogP contribution >= 0.6 is 0 Å². The fourth-order valence-corrected chi connectivity index (χ4v) is 16.4. The third-order valence-electron chi connectivity index (χ3n) is 19.9. The van der Waals surface area contributed by atoms with Crippen LogP contribution in [0.15, 0.2) is 151 Å². The lowest BCUT2D eigenvalue weighted by molar-refractivity contribution is -0.856. The van der Waals surface area contributed by atoms with E-state index in [1.54, 1.807) is 0 Å². The molecular weight excluding hydrogens is 893 g/mol. The molecule has 4 aliphatic rings. The quantitative estimate of drug-likeness (QED) is 0.0678. The van der Waals surface area contributed by atoms with Gasteiger partial charge in [-0.1, -0.05) is 159 Å². The Bertz CT molecular complexity index is 3940. The molecule has 1 saturated carbocycles. The molecule has 5 atom stereocenters. The Morgan fingerprint density at radius 3 is 2.22 bits per heavy atom. The van der Waals surface area contributed by atoms with Crippen molar-refractivity contribution in [3.63, 3.8) is 0 Å². The summed E-state index contributed by atoms with van der Waals surface area (Å²) in [6.07, 6.45) is 5.39. The minimum absolute atomic E-state index is 0.0225. The number of benzene rings is 6. The standard InChI is InChI=1S/C66H70N4OSi/c1-16-44(38(3)4)40(7)67-52-29-21-22-30-53(52)70-62(67)57-42(33-34-46-45-25-19-23-32-55(45)71-60(46)57)37-66(70)56(17-2)65(12)64(66,11)51-28-20-18-26-47(51)61-68-41(8)50-36-43(63(9,10)72(13,14)15)35-49(39(5)6)58(50)48-27-24-31-54(59(48)68)69(61)65/h16-36,38-39,41,56H,2,7,37H2,1,3-6,8-15H3/q+2/b44-16-. The van der Waals surface area contributed by atoms with Gasteiger partial charge < -0.3 is 4.42 Å².